The van der Waals surface area contributed by atoms with Gasteiger partial charge in [0.05, 0.1) is 11.8 Å². The summed E-state index contributed by atoms with van der Waals surface area (Å²) < 4.78 is 7.49. The molecule has 0 atom stereocenters. The van der Waals surface area contributed by atoms with Crippen molar-refractivity contribution < 1.29 is 4.74 Å². The van der Waals surface area contributed by atoms with Crippen molar-refractivity contribution in [3.8, 4) is 0 Å². The summed E-state index contributed by atoms with van der Waals surface area (Å²) in [4.78, 5) is 11.1. The molecule has 2 N–H and O–H groups in total. The van der Waals surface area contributed by atoms with Gasteiger partial charge in [0.2, 0.25) is 5.43 Å². The van der Waals surface area contributed by atoms with Crippen LogP contribution in [0.3, 0.4) is 0 Å². The summed E-state index contributed by atoms with van der Waals surface area (Å²) in [5.74, 6) is 0. The van der Waals surface area contributed by atoms with Crippen LogP contribution in [0.2, 0.25) is 0 Å². The molecule has 1 fully saturated rings. The number of rotatable bonds is 3. The van der Waals surface area contributed by atoms with Crippen LogP contribution in [0.25, 0.3) is 0 Å². The Bertz CT molecular complexity index is 380. The Morgan fingerprint density at radius 1 is 1.47 bits per heavy atom. The second-order valence-corrected chi connectivity index (χ2v) is 3.98. The van der Waals surface area contributed by atoms with E-state index < -0.39 is 0 Å². The van der Waals surface area contributed by atoms with E-state index in [1.807, 2.05) is 0 Å². The summed E-state index contributed by atoms with van der Waals surface area (Å²) >= 11 is 0. The lowest BCUT2D eigenvalue weighted by Gasteiger charge is -2.13. The molecule has 1 aromatic heterocycles. The van der Waals surface area contributed by atoms with Gasteiger partial charge in [-0.3, -0.25) is 4.79 Å². The quantitative estimate of drug-likeness (QED) is 0.815. The van der Waals surface area contributed by atoms with Gasteiger partial charge in [0, 0.05) is 18.5 Å². The van der Waals surface area contributed by atoms with Crippen LogP contribution in [0.5, 0.6) is 0 Å². The molecule has 1 aromatic rings. The first kappa shape index (κ1) is 10.2. The van der Waals surface area contributed by atoms with Gasteiger partial charge in [-0.1, -0.05) is 12.8 Å². The van der Waals surface area contributed by atoms with Crippen molar-refractivity contribution in [1.29, 1.82) is 0 Å². The largest absolute Gasteiger partial charge is 0.394 e. The van der Waals surface area contributed by atoms with Crippen LogP contribution in [0, 0.1) is 0 Å². The first-order valence-corrected chi connectivity index (χ1v) is 5.33. The highest BCUT2D eigenvalue weighted by Gasteiger charge is 2.14. The monoisotopic (exact) mass is 208 g/mol. The summed E-state index contributed by atoms with van der Waals surface area (Å²) in [5, 5.41) is 0. The fraction of sp³-hybridized carbons (Fsp3) is 0.545. The Kier molecular flexibility index (Phi) is 3.06. The Morgan fingerprint density at radius 3 is 2.87 bits per heavy atom. The molecular formula is C11H16N2O2. The van der Waals surface area contributed by atoms with Gasteiger partial charge in [0.1, 0.15) is 6.73 Å². The minimum Gasteiger partial charge on any atom is -0.394 e. The van der Waals surface area contributed by atoms with E-state index in [-0.39, 0.29) is 11.1 Å². The highest BCUT2D eigenvalue weighted by Crippen LogP contribution is 2.21. The highest BCUT2D eigenvalue weighted by atomic mass is 16.5. The summed E-state index contributed by atoms with van der Waals surface area (Å²) in [6, 6.07) is 1.47. The van der Waals surface area contributed by atoms with Crippen LogP contribution in [-0.2, 0) is 11.5 Å². The molecule has 0 radical (unpaired) electrons. The van der Waals surface area contributed by atoms with Crippen LogP contribution in [0.4, 0.5) is 5.69 Å². The first-order valence-electron chi connectivity index (χ1n) is 5.33. The minimum absolute atomic E-state index is 0.132. The van der Waals surface area contributed by atoms with E-state index in [0.717, 1.165) is 12.8 Å². The SMILES string of the molecule is Nc1cn(COC2CCCC2)ccc1=O. The van der Waals surface area contributed by atoms with Gasteiger partial charge in [-0.05, 0) is 12.8 Å². The highest BCUT2D eigenvalue weighted by molar-refractivity contribution is 5.33. The van der Waals surface area contributed by atoms with Crippen molar-refractivity contribution in [3.05, 3.63) is 28.7 Å². The van der Waals surface area contributed by atoms with E-state index >= 15 is 0 Å². The van der Waals surface area contributed by atoms with Gasteiger partial charge in [-0.2, -0.15) is 0 Å². The van der Waals surface area contributed by atoms with Gasteiger partial charge in [-0.25, -0.2) is 0 Å². The third kappa shape index (κ3) is 2.59. The lowest BCUT2D eigenvalue weighted by Crippen LogP contribution is -2.15. The Hall–Kier alpha value is -1.29. The zero-order valence-electron chi connectivity index (χ0n) is 8.69. The number of ether oxygens (including phenoxy) is 1. The van der Waals surface area contributed by atoms with Crippen molar-refractivity contribution in [2.24, 2.45) is 0 Å². The number of anilines is 1. The third-order valence-electron chi connectivity index (χ3n) is 2.77. The summed E-state index contributed by atoms with van der Waals surface area (Å²) in [6.07, 6.45) is 8.52. The fourth-order valence-corrected chi connectivity index (χ4v) is 1.87. The number of nitrogens with zero attached hydrogens (tertiary/aromatic N) is 1. The second kappa shape index (κ2) is 4.49. The molecule has 1 aliphatic carbocycles. The molecule has 2 rings (SSSR count). The van der Waals surface area contributed by atoms with Gasteiger partial charge in [-0.15, -0.1) is 0 Å². The number of nitrogen functional groups attached to an aromatic ring is 1. The molecule has 4 nitrogen and oxygen atoms in total. The van der Waals surface area contributed by atoms with Crippen molar-refractivity contribution >= 4 is 5.69 Å². The van der Waals surface area contributed by atoms with Crippen molar-refractivity contribution in [1.82, 2.24) is 4.57 Å². The molecule has 4 heteroatoms. The van der Waals surface area contributed by atoms with Crippen LogP contribution in [0.1, 0.15) is 25.7 Å². The predicted molar refractivity (Wildman–Crippen MR) is 58.5 cm³/mol. The molecule has 0 spiro atoms. The maximum atomic E-state index is 11.1. The van der Waals surface area contributed by atoms with Crippen LogP contribution < -0.4 is 11.2 Å². The van der Waals surface area contributed by atoms with E-state index in [1.54, 1.807) is 17.0 Å². The van der Waals surface area contributed by atoms with E-state index in [0.29, 0.717) is 12.8 Å². The number of pyridine rings is 1. The molecule has 1 aliphatic rings. The number of hydrogen-bond acceptors (Lipinski definition) is 3. The number of hydrogen-bond donors (Lipinski definition) is 1. The minimum atomic E-state index is -0.132. The normalized spacial score (nSPS) is 17.1. The smallest absolute Gasteiger partial charge is 0.204 e. The van der Waals surface area contributed by atoms with Gasteiger partial charge >= 0.3 is 0 Å². The van der Waals surface area contributed by atoms with Crippen molar-refractivity contribution in [2.75, 3.05) is 5.73 Å². The average Bonchev–Trinajstić information content (AvgIpc) is 2.73. The van der Waals surface area contributed by atoms with Crippen LogP contribution in [0.15, 0.2) is 23.3 Å². The lowest BCUT2D eigenvalue weighted by atomic mass is 10.3. The van der Waals surface area contributed by atoms with Gasteiger partial charge < -0.3 is 15.0 Å². The van der Waals surface area contributed by atoms with E-state index in [2.05, 4.69) is 0 Å². The zero-order valence-corrected chi connectivity index (χ0v) is 8.69. The molecule has 15 heavy (non-hydrogen) atoms. The van der Waals surface area contributed by atoms with E-state index in [1.165, 1.54) is 18.9 Å². The first-order chi connectivity index (χ1) is 7.25. The topological polar surface area (TPSA) is 57.2 Å². The maximum absolute atomic E-state index is 11.1. The Labute approximate surface area is 88.7 Å². The maximum Gasteiger partial charge on any atom is 0.204 e. The Morgan fingerprint density at radius 2 is 2.20 bits per heavy atom. The van der Waals surface area contributed by atoms with E-state index in [9.17, 15) is 4.79 Å². The molecule has 0 saturated heterocycles. The number of nitrogens with two attached hydrogens (primary N) is 1. The van der Waals surface area contributed by atoms with Crippen LogP contribution in [-0.4, -0.2) is 10.7 Å². The predicted octanol–water partition coefficient (Wildman–Crippen LogP) is 1.35. The lowest BCUT2D eigenvalue weighted by molar-refractivity contribution is 0.0113. The molecule has 1 heterocycles. The molecule has 0 bridgehead atoms. The fourth-order valence-electron chi connectivity index (χ4n) is 1.87. The standard InChI is InChI=1S/C11H16N2O2/c12-10-7-13(6-5-11(10)14)8-15-9-3-1-2-4-9/h5-7,9H,1-4,8,12H2. The van der Waals surface area contributed by atoms with Gasteiger partial charge in [0.15, 0.2) is 0 Å². The molecular weight excluding hydrogens is 192 g/mol. The van der Waals surface area contributed by atoms with Gasteiger partial charge in [0.25, 0.3) is 0 Å². The summed E-state index contributed by atoms with van der Waals surface area (Å²) in [5.41, 5.74) is 5.65. The van der Waals surface area contributed by atoms with Crippen LogP contribution >= 0.6 is 0 Å². The number of aromatic nitrogens is 1. The summed E-state index contributed by atoms with van der Waals surface area (Å²) in [7, 11) is 0. The third-order valence-corrected chi connectivity index (χ3v) is 2.77. The summed E-state index contributed by atoms with van der Waals surface area (Å²) in [6.45, 7) is 0.481. The zero-order chi connectivity index (χ0) is 10.7. The van der Waals surface area contributed by atoms with Crippen molar-refractivity contribution in [3.63, 3.8) is 0 Å². The molecule has 0 aromatic carbocycles. The molecule has 0 amide bonds. The Balaban J connectivity index is 1.92. The molecule has 1 saturated carbocycles. The molecule has 0 unspecified atom stereocenters. The average molecular weight is 208 g/mol. The molecule has 0 aliphatic heterocycles. The molecule has 82 valence electrons. The second-order valence-electron chi connectivity index (χ2n) is 3.98. The van der Waals surface area contributed by atoms with E-state index in [4.69, 9.17) is 10.5 Å². The van der Waals surface area contributed by atoms with Crippen molar-refractivity contribution in [2.45, 2.75) is 38.5 Å².